The lowest BCUT2D eigenvalue weighted by Crippen LogP contribution is -2.61. The molecule has 3 N–H and O–H groups in total. The van der Waals surface area contributed by atoms with Gasteiger partial charge in [-0.05, 0) is 50.2 Å². The second-order valence-electron chi connectivity index (χ2n) is 6.01. The van der Waals surface area contributed by atoms with Gasteiger partial charge in [0.15, 0.2) is 0 Å². The lowest BCUT2D eigenvalue weighted by molar-refractivity contribution is 0.0769. The summed E-state index contributed by atoms with van der Waals surface area (Å²) in [5.74, 6) is 5.95. The molecule has 0 bridgehead atoms. The molecule has 3 nitrogen and oxygen atoms in total. The predicted molar refractivity (Wildman–Crippen MR) is 81.1 cm³/mol. The third-order valence-electron chi connectivity index (χ3n) is 5.04. The lowest BCUT2D eigenvalue weighted by atomic mass is 9.84. The molecule has 106 valence electrons. The van der Waals surface area contributed by atoms with Gasteiger partial charge >= 0.3 is 0 Å². The van der Waals surface area contributed by atoms with Gasteiger partial charge < -0.3 is 0 Å². The summed E-state index contributed by atoms with van der Waals surface area (Å²) in [5, 5.41) is 2.17. The Morgan fingerprint density at radius 1 is 1.26 bits per heavy atom. The Morgan fingerprint density at radius 2 is 2.00 bits per heavy atom. The molecule has 0 spiro atoms. The van der Waals surface area contributed by atoms with Crippen molar-refractivity contribution in [2.24, 2.45) is 5.84 Å². The number of nitrogens with zero attached hydrogens (tertiary/aromatic N) is 1. The molecule has 1 saturated heterocycles. The van der Waals surface area contributed by atoms with E-state index in [1.807, 2.05) is 11.3 Å². The molecule has 1 atom stereocenters. The Morgan fingerprint density at radius 3 is 2.58 bits per heavy atom. The third-order valence-corrected chi connectivity index (χ3v) is 5.94. The highest BCUT2D eigenvalue weighted by molar-refractivity contribution is 7.09. The number of rotatable bonds is 5. The van der Waals surface area contributed by atoms with E-state index in [9.17, 15) is 0 Å². The highest BCUT2D eigenvalue weighted by atomic mass is 32.1. The van der Waals surface area contributed by atoms with E-state index in [1.54, 1.807) is 0 Å². The lowest BCUT2D eigenvalue weighted by Gasteiger charge is -2.44. The number of likely N-dealkylation sites (tertiary alicyclic amines) is 1. The van der Waals surface area contributed by atoms with Crippen molar-refractivity contribution in [3.05, 3.63) is 22.4 Å². The first-order chi connectivity index (χ1) is 9.35. The quantitative estimate of drug-likeness (QED) is 0.643. The fourth-order valence-corrected chi connectivity index (χ4v) is 4.82. The van der Waals surface area contributed by atoms with E-state index in [0.29, 0.717) is 11.6 Å². The fraction of sp³-hybridized carbons (Fsp3) is 0.733. The molecule has 1 aliphatic carbocycles. The molecule has 1 saturated carbocycles. The van der Waals surface area contributed by atoms with Crippen LogP contribution < -0.4 is 11.3 Å². The monoisotopic (exact) mass is 279 g/mol. The van der Waals surface area contributed by atoms with Crippen LogP contribution in [-0.2, 0) is 6.42 Å². The van der Waals surface area contributed by atoms with E-state index >= 15 is 0 Å². The summed E-state index contributed by atoms with van der Waals surface area (Å²) in [6.45, 7) is 2.53. The minimum absolute atomic E-state index is 0.315. The van der Waals surface area contributed by atoms with Gasteiger partial charge in [0.1, 0.15) is 0 Å². The van der Waals surface area contributed by atoms with E-state index in [2.05, 4.69) is 27.8 Å². The van der Waals surface area contributed by atoms with Crippen LogP contribution in [0.4, 0.5) is 0 Å². The van der Waals surface area contributed by atoms with Crippen molar-refractivity contribution in [2.45, 2.75) is 56.5 Å². The normalized spacial score (nSPS) is 24.9. The second-order valence-corrected chi connectivity index (χ2v) is 7.04. The number of hydrogen-bond donors (Lipinski definition) is 2. The second kappa shape index (κ2) is 5.92. The molecule has 2 fully saturated rings. The predicted octanol–water partition coefficient (Wildman–Crippen LogP) is 2.53. The third kappa shape index (κ3) is 2.59. The summed E-state index contributed by atoms with van der Waals surface area (Å²) in [5.41, 5.74) is 3.48. The molecule has 0 aromatic carbocycles. The number of hydrazine groups is 1. The van der Waals surface area contributed by atoms with Gasteiger partial charge in [-0.3, -0.25) is 16.2 Å². The van der Waals surface area contributed by atoms with E-state index in [-0.39, 0.29) is 0 Å². The molecule has 1 aromatic rings. The van der Waals surface area contributed by atoms with Gasteiger partial charge in [-0.1, -0.05) is 18.9 Å². The highest BCUT2D eigenvalue weighted by Gasteiger charge is 2.46. The Hall–Kier alpha value is -0.420. The van der Waals surface area contributed by atoms with Crippen molar-refractivity contribution in [3.63, 3.8) is 0 Å². The van der Waals surface area contributed by atoms with Crippen molar-refractivity contribution < 1.29 is 0 Å². The molecular weight excluding hydrogens is 254 g/mol. The van der Waals surface area contributed by atoms with Crippen LogP contribution in [0.2, 0.25) is 0 Å². The van der Waals surface area contributed by atoms with Gasteiger partial charge in [0.25, 0.3) is 0 Å². The maximum Gasteiger partial charge on any atom is 0.0442 e. The molecule has 2 heterocycles. The van der Waals surface area contributed by atoms with Crippen LogP contribution in [0.1, 0.15) is 43.4 Å². The Labute approximate surface area is 120 Å². The minimum atomic E-state index is 0.315. The van der Waals surface area contributed by atoms with Crippen LogP contribution >= 0.6 is 11.3 Å². The number of nitrogens with two attached hydrogens (primary N) is 1. The van der Waals surface area contributed by atoms with Gasteiger partial charge in [0.2, 0.25) is 0 Å². The zero-order chi connectivity index (χ0) is 13.1. The van der Waals surface area contributed by atoms with Crippen LogP contribution in [0.3, 0.4) is 0 Å². The smallest absolute Gasteiger partial charge is 0.0442 e. The zero-order valence-corrected chi connectivity index (χ0v) is 12.4. The first-order valence-corrected chi connectivity index (χ1v) is 8.47. The average Bonchev–Trinajstić information content (AvgIpc) is 3.15. The maximum absolute atomic E-state index is 5.95. The minimum Gasteiger partial charge on any atom is -0.296 e. The summed E-state index contributed by atoms with van der Waals surface area (Å²) >= 11 is 1.85. The fourth-order valence-electron chi connectivity index (χ4n) is 4.07. The Bertz CT molecular complexity index is 378. The van der Waals surface area contributed by atoms with Crippen LogP contribution in [0.5, 0.6) is 0 Å². The molecule has 0 amide bonds. The molecule has 0 radical (unpaired) electrons. The van der Waals surface area contributed by atoms with Crippen LogP contribution in [-0.4, -0.2) is 29.6 Å². The number of nitrogens with one attached hydrogen (secondary N) is 1. The molecule has 4 heteroatoms. The van der Waals surface area contributed by atoms with Crippen LogP contribution in [0, 0.1) is 0 Å². The Kier molecular flexibility index (Phi) is 4.22. The van der Waals surface area contributed by atoms with Crippen molar-refractivity contribution in [3.8, 4) is 0 Å². The highest BCUT2D eigenvalue weighted by Crippen LogP contribution is 2.41. The van der Waals surface area contributed by atoms with Crippen LogP contribution in [0.25, 0.3) is 0 Å². The number of thiophene rings is 1. The van der Waals surface area contributed by atoms with Gasteiger partial charge in [0, 0.05) is 22.9 Å². The largest absolute Gasteiger partial charge is 0.296 e. The van der Waals surface area contributed by atoms with Gasteiger partial charge in [-0.2, -0.15) is 0 Å². The van der Waals surface area contributed by atoms with Gasteiger partial charge in [0.05, 0.1) is 0 Å². The van der Waals surface area contributed by atoms with Crippen LogP contribution in [0.15, 0.2) is 17.5 Å². The molecule has 1 aromatic heterocycles. The molecular formula is C15H25N3S. The van der Waals surface area contributed by atoms with Gasteiger partial charge in [-0.25, -0.2) is 0 Å². The maximum atomic E-state index is 5.95. The summed E-state index contributed by atoms with van der Waals surface area (Å²) in [6, 6.07) is 4.78. The van der Waals surface area contributed by atoms with Crippen molar-refractivity contribution in [1.82, 2.24) is 10.3 Å². The number of hydrogen-bond acceptors (Lipinski definition) is 4. The van der Waals surface area contributed by atoms with Crippen molar-refractivity contribution >= 4 is 11.3 Å². The zero-order valence-electron chi connectivity index (χ0n) is 11.6. The summed E-state index contributed by atoms with van der Waals surface area (Å²) in [4.78, 5) is 4.19. The topological polar surface area (TPSA) is 41.3 Å². The molecule has 3 rings (SSSR count). The summed E-state index contributed by atoms with van der Waals surface area (Å²) in [6.07, 6.45) is 9.14. The molecule has 19 heavy (non-hydrogen) atoms. The first kappa shape index (κ1) is 13.6. The van der Waals surface area contributed by atoms with Crippen molar-refractivity contribution in [2.75, 3.05) is 13.1 Å². The van der Waals surface area contributed by atoms with E-state index in [4.69, 9.17) is 5.84 Å². The van der Waals surface area contributed by atoms with E-state index in [1.165, 1.54) is 56.5 Å². The average molecular weight is 279 g/mol. The summed E-state index contributed by atoms with van der Waals surface area (Å²) in [7, 11) is 0. The SMILES string of the molecule is NNC(Cc1cccs1)C1(N2CCCC2)CCCC1. The van der Waals surface area contributed by atoms with E-state index in [0.717, 1.165) is 6.42 Å². The molecule has 1 aliphatic heterocycles. The van der Waals surface area contributed by atoms with Gasteiger partial charge in [-0.15, -0.1) is 11.3 Å². The van der Waals surface area contributed by atoms with Crippen molar-refractivity contribution in [1.29, 1.82) is 0 Å². The Balaban J connectivity index is 1.80. The first-order valence-electron chi connectivity index (χ1n) is 7.59. The molecule has 2 aliphatic rings. The molecule has 1 unspecified atom stereocenters. The summed E-state index contributed by atoms with van der Waals surface area (Å²) < 4.78 is 0. The standard InChI is InChI=1S/C15H25N3S/c16-17-14(12-13-6-5-11-19-13)15(7-1-2-8-15)18-9-3-4-10-18/h5-6,11,14,17H,1-4,7-10,12,16H2. The van der Waals surface area contributed by atoms with E-state index < -0.39 is 0 Å².